The van der Waals surface area contributed by atoms with Crippen molar-refractivity contribution in [3.63, 3.8) is 0 Å². The molecular formula is C22H27N3OS. The number of amides is 1. The Balaban J connectivity index is 1.64. The zero-order valence-corrected chi connectivity index (χ0v) is 16.8. The maximum atomic E-state index is 12.4. The minimum atomic E-state index is -0.195. The third-order valence-corrected chi connectivity index (χ3v) is 5.33. The minimum Gasteiger partial charge on any atom is -0.370 e. The molecule has 2 aromatic rings. The lowest BCUT2D eigenvalue weighted by atomic mass is 9.98. The molecule has 0 unspecified atom stereocenters. The number of hydrogen-bond donors (Lipinski definition) is 2. The summed E-state index contributed by atoms with van der Waals surface area (Å²) in [6, 6.07) is 15.7. The fourth-order valence-electron chi connectivity index (χ4n) is 3.33. The zero-order valence-electron chi connectivity index (χ0n) is 16.0. The number of carbonyl (C=O) groups is 1. The molecule has 0 saturated carbocycles. The first-order chi connectivity index (χ1) is 13.1. The highest BCUT2D eigenvalue weighted by atomic mass is 32.1. The second kappa shape index (κ2) is 9.00. The van der Waals surface area contributed by atoms with Gasteiger partial charge in [-0.2, -0.15) is 0 Å². The molecule has 1 aliphatic rings. The van der Waals surface area contributed by atoms with E-state index in [9.17, 15) is 4.79 Å². The molecule has 1 heterocycles. The summed E-state index contributed by atoms with van der Waals surface area (Å²) in [5, 5.41) is 6.30. The van der Waals surface area contributed by atoms with Gasteiger partial charge in [-0.25, -0.2) is 0 Å². The van der Waals surface area contributed by atoms with E-state index in [1.54, 1.807) is 0 Å². The largest absolute Gasteiger partial charge is 0.370 e. The molecule has 1 aliphatic heterocycles. The quantitative estimate of drug-likeness (QED) is 0.759. The van der Waals surface area contributed by atoms with E-state index in [4.69, 9.17) is 12.2 Å². The summed E-state index contributed by atoms with van der Waals surface area (Å²) in [6.07, 6.45) is 3.35. The van der Waals surface area contributed by atoms with Crippen molar-refractivity contribution in [2.24, 2.45) is 5.92 Å². The molecule has 1 fully saturated rings. The van der Waals surface area contributed by atoms with Gasteiger partial charge < -0.3 is 10.2 Å². The molecule has 0 atom stereocenters. The first-order valence-electron chi connectivity index (χ1n) is 9.62. The molecular weight excluding hydrogens is 354 g/mol. The highest BCUT2D eigenvalue weighted by molar-refractivity contribution is 7.80. The predicted octanol–water partition coefficient (Wildman–Crippen LogP) is 4.61. The number of para-hydroxylation sites is 2. The average Bonchev–Trinajstić information content (AvgIpc) is 2.69. The summed E-state index contributed by atoms with van der Waals surface area (Å²) in [5.74, 6) is 0.584. The van der Waals surface area contributed by atoms with Crippen LogP contribution in [0.15, 0.2) is 48.5 Å². The fraction of sp³-hybridized carbons (Fsp3) is 0.364. The van der Waals surface area contributed by atoms with Gasteiger partial charge in [0.15, 0.2) is 5.11 Å². The van der Waals surface area contributed by atoms with Crippen LogP contribution in [0, 0.1) is 5.92 Å². The van der Waals surface area contributed by atoms with Gasteiger partial charge in [0.2, 0.25) is 0 Å². The molecule has 0 aromatic heterocycles. The second-order valence-corrected chi connectivity index (χ2v) is 7.55. The molecule has 1 amide bonds. The molecule has 27 heavy (non-hydrogen) atoms. The van der Waals surface area contributed by atoms with Crippen LogP contribution in [0.4, 0.5) is 11.4 Å². The van der Waals surface area contributed by atoms with Crippen LogP contribution in [0.5, 0.6) is 0 Å². The Hall–Kier alpha value is -2.40. The average molecular weight is 382 g/mol. The van der Waals surface area contributed by atoms with E-state index in [2.05, 4.69) is 35.4 Å². The molecule has 0 spiro atoms. The number of hydrogen-bond acceptors (Lipinski definition) is 3. The van der Waals surface area contributed by atoms with E-state index < -0.39 is 0 Å². The number of anilines is 2. The van der Waals surface area contributed by atoms with Crippen LogP contribution in [0.1, 0.15) is 42.6 Å². The zero-order chi connectivity index (χ0) is 19.2. The number of rotatable bonds is 4. The lowest BCUT2D eigenvalue weighted by molar-refractivity contribution is 0.0977. The molecule has 2 N–H and O–H groups in total. The standard InChI is InChI=1S/C22H27N3OS/c1-3-17-8-10-18(11-9-17)21(26)24-22(27)23-19-6-4-5-7-20(19)25-14-12-16(2)13-15-25/h4-11,16H,3,12-15H2,1-2H3,(H2,23,24,26,27). The number of carbonyl (C=O) groups excluding carboxylic acids is 1. The van der Waals surface area contributed by atoms with Crippen molar-refractivity contribution in [1.29, 1.82) is 0 Å². The Morgan fingerprint density at radius 3 is 2.44 bits per heavy atom. The third-order valence-electron chi connectivity index (χ3n) is 5.13. The number of nitrogens with zero attached hydrogens (tertiary/aromatic N) is 1. The van der Waals surface area contributed by atoms with Crippen molar-refractivity contribution in [3.05, 3.63) is 59.7 Å². The van der Waals surface area contributed by atoms with Gasteiger partial charge in [-0.3, -0.25) is 10.1 Å². The van der Waals surface area contributed by atoms with Gasteiger partial charge in [-0.15, -0.1) is 0 Å². The summed E-state index contributed by atoms with van der Waals surface area (Å²) in [6.45, 7) is 6.49. The van der Waals surface area contributed by atoms with Gasteiger partial charge in [-0.1, -0.05) is 38.1 Å². The topological polar surface area (TPSA) is 44.4 Å². The summed E-state index contributed by atoms with van der Waals surface area (Å²) in [4.78, 5) is 14.8. The Bertz CT molecular complexity index is 795. The van der Waals surface area contributed by atoms with Gasteiger partial charge in [0.25, 0.3) is 5.91 Å². The van der Waals surface area contributed by atoms with Crippen LogP contribution < -0.4 is 15.5 Å². The molecule has 0 bridgehead atoms. The van der Waals surface area contributed by atoms with Crippen LogP contribution in [0.2, 0.25) is 0 Å². The lowest BCUT2D eigenvalue weighted by Gasteiger charge is -2.33. The second-order valence-electron chi connectivity index (χ2n) is 7.15. The monoisotopic (exact) mass is 381 g/mol. The highest BCUT2D eigenvalue weighted by Crippen LogP contribution is 2.29. The molecule has 142 valence electrons. The molecule has 0 aliphatic carbocycles. The summed E-state index contributed by atoms with van der Waals surface area (Å²) < 4.78 is 0. The molecule has 1 saturated heterocycles. The van der Waals surface area contributed by atoms with E-state index in [-0.39, 0.29) is 5.91 Å². The van der Waals surface area contributed by atoms with E-state index >= 15 is 0 Å². The first kappa shape index (κ1) is 19.4. The maximum Gasteiger partial charge on any atom is 0.257 e. The highest BCUT2D eigenvalue weighted by Gasteiger charge is 2.18. The van der Waals surface area contributed by atoms with Gasteiger partial charge in [0, 0.05) is 18.7 Å². The maximum absolute atomic E-state index is 12.4. The molecule has 5 heteroatoms. The van der Waals surface area contributed by atoms with Crippen LogP contribution in [0.25, 0.3) is 0 Å². The van der Waals surface area contributed by atoms with Crippen molar-refractivity contribution in [2.45, 2.75) is 33.1 Å². The SMILES string of the molecule is CCc1ccc(C(=O)NC(=S)Nc2ccccc2N2CCC(C)CC2)cc1. The number of piperidine rings is 1. The van der Waals surface area contributed by atoms with Crippen molar-refractivity contribution >= 4 is 34.6 Å². The Kier molecular flexibility index (Phi) is 6.45. The van der Waals surface area contributed by atoms with E-state index in [0.29, 0.717) is 10.7 Å². The number of nitrogens with one attached hydrogen (secondary N) is 2. The first-order valence-corrected chi connectivity index (χ1v) is 10.0. The van der Waals surface area contributed by atoms with Crippen molar-refractivity contribution in [2.75, 3.05) is 23.3 Å². The van der Waals surface area contributed by atoms with Crippen LogP contribution >= 0.6 is 12.2 Å². The van der Waals surface area contributed by atoms with Gasteiger partial charge in [-0.05, 0) is 67.2 Å². The molecule has 0 radical (unpaired) electrons. The van der Waals surface area contributed by atoms with Crippen molar-refractivity contribution in [1.82, 2.24) is 5.32 Å². The predicted molar refractivity (Wildman–Crippen MR) is 117 cm³/mol. The fourth-order valence-corrected chi connectivity index (χ4v) is 3.53. The summed E-state index contributed by atoms with van der Waals surface area (Å²) >= 11 is 5.38. The van der Waals surface area contributed by atoms with Crippen molar-refractivity contribution in [3.8, 4) is 0 Å². The smallest absolute Gasteiger partial charge is 0.257 e. The van der Waals surface area contributed by atoms with Crippen LogP contribution in [0.3, 0.4) is 0 Å². The van der Waals surface area contributed by atoms with E-state index in [0.717, 1.165) is 36.8 Å². The Labute approximate surface area is 167 Å². The van der Waals surface area contributed by atoms with Gasteiger partial charge in [0.05, 0.1) is 11.4 Å². The van der Waals surface area contributed by atoms with Gasteiger partial charge in [0.1, 0.15) is 0 Å². The van der Waals surface area contributed by atoms with Crippen LogP contribution in [-0.2, 0) is 6.42 Å². The molecule has 4 nitrogen and oxygen atoms in total. The van der Waals surface area contributed by atoms with E-state index in [1.807, 2.05) is 42.5 Å². The van der Waals surface area contributed by atoms with Crippen LogP contribution in [-0.4, -0.2) is 24.1 Å². The summed E-state index contributed by atoms with van der Waals surface area (Å²) in [7, 11) is 0. The third kappa shape index (κ3) is 5.07. The Morgan fingerprint density at radius 1 is 1.11 bits per heavy atom. The molecule has 3 rings (SSSR count). The van der Waals surface area contributed by atoms with Gasteiger partial charge >= 0.3 is 0 Å². The van der Waals surface area contributed by atoms with E-state index in [1.165, 1.54) is 18.4 Å². The number of aryl methyl sites for hydroxylation is 1. The lowest BCUT2D eigenvalue weighted by Crippen LogP contribution is -2.36. The number of benzene rings is 2. The minimum absolute atomic E-state index is 0.195. The number of thiocarbonyl (C=S) groups is 1. The normalized spacial score (nSPS) is 14.7. The summed E-state index contributed by atoms with van der Waals surface area (Å²) in [5.41, 5.74) is 3.87. The molecule has 2 aromatic carbocycles. The van der Waals surface area contributed by atoms with Crippen molar-refractivity contribution < 1.29 is 4.79 Å². The Morgan fingerprint density at radius 2 is 1.78 bits per heavy atom.